The molecular formula is C11H21N3O2. The Morgan fingerprint density at radius 2 is 2.31 bits per heavy atom. The van der Waals surface area contributed by atoms with Gasteiger partial charge in [-0.1, -0.05) is 13.8 Å². The fourth-order valence-corrected chi connectivity index (χ4v) is 1.80. The van der Waals surface area contributed by atoms with Crippen molar-refractivity contribution >= 4 is 11.8 Å². The van der Waals surface area contributed by atoms with Gasteiger partial charge in [0.15, 0.2) is 0 Å². The monoisotopic (exact) mass is 227 g/mol. The van der Waals surface area contributed by atoms with Crippen LogP contribution >= 0.6 is 0 Å². The summed E-state index contributed by atoms with van der Waals surface area (Å²) in [6, 6.07) is -0.375. The van der Waals surface area contributed by atoms with Crippen LogP contribution in [0.25, 0.3) is 0 Å². The van der Waals surface area contributed by atoms with Crippen LogP contribution in [0.15, 0.2) is 0 Å². The molecule has 0 bridgehead atoms. The maximum absolute atomic E-state index is 11.6. The number of nitrogens with two attached hydrogens (primary N) is 1. The van der Waals surface area contributed by atoms with Crippen molar-refractivity contribution in [2.24, 2.45) is 11.7 Å². The fourth-order valence-electron chi connectivity index (χ4n) is 1.80. The van der Waals surface area contributed by atoms with E-state index in [0.29, 0.717) is 25.3 Å². The van der Waals surface area contributed by atoms with E-state index < -0.39 is 6.04 Å². The molecule has 0 aromatic heterocycles. The molecule has 2 amide bonds. The summed E-state index contributed by atoms with van der Waals surface area (Å²) >= 11 is 0. The second-order valence-electron chi connectivity index (χ2n) is 4.78. The first kappa shape index (κ1) is 13.0. The van der Waals surface area contributed by atoms with Gasteiger partial charge in [-0.15, -0.1) is 0 Å². The number of rotatable bonds is 5. The molecule has 2 atom stereocenters. The third kappa shape index (κ3) is 4.18. The summed E-state index contributed by atoms with van der Waals surface area (Å²) in [5.74, 6) is 0.340. The van der Waals surface area contributed by atoms with E-state index >= 15 is 0 Å². The maximum Gasteiger partial charge on any atom is 0.236 e. The Bertz CT molecular complexity index is 266. The first-order valence-electron chi connectivity index (χ1n) is 5.81. The molecule has 4 N–H and O–H groups in total. The molecule has 1 heterocycles. The summed E-state index contributed by atoms with van der Waals surface area (Å²) in [6.45, 7) is 4.55. The molecule has 1 fully saturated rings. The highest BCUT2D eigenvalue weighted by Gasteiger charge is 2.22. The van der Waals surface area contributed by atoms with Gasteiger partial charge in [-0.05, 0) is 18.8 Å². The summed E-state index contributed by atoms with van der Waals surface area (Å²) < 4.78 is 0. The van der Waals surface area contributed by atoms with Crippen molar-refractivity contribution in [3.63, 3.8) is 0 Å². The molecule has 1 unspecified atom stereocenters. The first-order valence-corrected chi connectivity index (χ1v) is 5.81. The van der Waals surface area contributed by atoms with Crippen molar-refractivity contribution in [3.8, 4) is 0 Å². The van der Waals surface area contributed by atoms with Crippen LogP contribution in [0.4, 0.5) is 0 Å². The number of amides is 2. The topological polar surface area (TPSA) is 84.2 Å². The van der Waals surface area contributed by atoms with Crippen LogP contribution < -0.4 is 16.4 Å². The van der Waals surface area contributed by atoms with E-state index in [0.717, 1.165) is 6.42 Å². The molecule has 5 nitrogen and oxygen atoms in total. The maximum atomic E-state index is 11.6. The highest BCUT2D eigenvalue weighted by Crippen LogP contribution is 2.06. The standard InChI is InChI=1S/C11H21N3O2/c1-7(2)5-9(12)11(16)13-6-8-3-4-10(15)14-8/h7-9H,3-6,12H2,1-2H3,(H,13,16)(H,14,15)/t8?,9-/m0/s1. The predicted octanol–water partition coefficient (Wildman–Crippen LogP) is -0.245. The number of hydrogen-bond donors (Lipinski definition) is 3. The van der Waals surface area contributed by atoms with Crippen molar-refractivity contribution in [2.45, 2.75) is 45.2 Å². The van der Waals surface area contributed by atoms with Gasteiger partial charge in [0.2, 0.25) is 11.8 Å². The van der Waals surface area contributed by atoms with Crippen molar-refractivity contribution in [1.82, 2.24) is 10.6 Å². The third-order valence-electron chi connectivity index (χ3n) is 2.67. The molecule has 0 saturated carbocycles. The van der Waals surface area contributed by atoms with Crippen LogP contribution in [0.1, 0.15) is 33.1 Å². The van der Waals surface area contributed by atoms with Gasteiger partial charge in [-0.2, -0.15) is 0 Å². The van der Waals surface area contributed by atoms with Gasteiger partial charge in [-0.25, -0.2) is 0 Å². The molecule has 0 aromatic carbocycles. The number of nitrogens with one attached hydrogen (secondary N) is 2. The molecule has 92 valence electrons. The van der Waals surface area contributed by atoms with Gasteiger partial charge in [0.05, 0.1) is 6.04 Å². The molecule has 16 heavy (non-hydrogen) atoms. The Kier molecular flexibility index (Phi) is 4.73. The van der Waals surface area contributed by atoms with Gasteiger partial charge in [0, 0.05) is 19.0 Å². The molecule has 1 saturated heterocycles. The number of carbonyl (C=O) groups is 2. The van der Waals surface area contributed by atoms with Gasteiger partial charge in [0.1, 0.15) is 0 Å². The van der Waals surface area contributed by atoms with Crippen molar-refractivity contribution < 1.29 is 9.59 Å². The zero-order chi connectivity index (χ0) is 12.1. The van der Waals surface area contributed by atoms with Crippen molar-refractivity contribution in [1.29, 1.82) is 0 Å². The van der Waals surface area contributed by atoms with E-state index in [1.54, 1.807) is 0 Å². The third-order valence-corrected chi connectivity index (χ3v) is 2.67. The van der Waals surface area contributed by atoms with Gasteiger partial charge in [-0.3, -0.25) is 9.59 Å². The second kappa shape index (κ2) is 5.84. The minimum absolute atomic E-state index is 0.0609. The van der Waals surface area contributed by atoms with E-state index in [-0.39, 0.29) is 17.9 Å². The normalized spacial score (nSPS) is 22.0. The lowest BCUT2D eigenvalue weighted by Gasteiger charge is -2.16. The SMILES string of the molecule is CC(C)C[C@H](N)C(=O)NCC1CCC(=O)N1. The van der Waals surface area contributed by atoms with Crippen LogP contribution in [-0.4, -0.2) is 30.4 Å². The largest absolute Gasteiger partial charge is 0.353 e. The van der Waals surface area contributed by atoms with Crippen LogP contribution in [0, 0.1) is 5.92 Å². The minimum atomic E-state index is -0.447. The minimum Gasteiger partial charge on any atom is -0.353 e. The van der Waals surface area contributed by atoms with Crippen molar-refractivity contribution in [2.75, 3.05) is 6.54 Å². The van der Waals surface area contributed by atoms with E-state index in [4.69, 9.17) is 5.73 Å². The van der Waals surface area contributed by atoms with Crippen LogP contribution in [-0.2, 0) is 9.59 Å². The average Bonchev–Trinajstić information content (AvgIpc) is 2.59. The summed E-state index contributed by atoms with van der Waals surface area (Å²) in [5.41, 5.74) is 5.73. The van der Waals surface area contributed by atoms with E-state index in [1.807, 2.05) is 13.8 Å². The number of hydrogen-bond acceptors (Lipinski definition) is 3. The van der Waals surface area contributed by atoms with Crippen molar-refractivity contribution in [3.05, 3.63) is 0 Å². The fraction of sp³-hybridized carbons (Fsp3) is 0.818. The van der Waals surface area contributed by atoms with Gasteiger partial charge in [0.25, 0.3) is 0 Å². The lowest BCUT2D eigenvalue weighted by atomic mass is 10.0. The van der Waals surface area contributed by atoms with Gasteiger partial charge >= 0.3 is 0 Å². The lowest BCUT2D eigenvalue weighted by Crippen LogP contribution is -2.46. The average molecular weight is 227 g/mol. The molecule has 0 aliphatic carbocycles. The quantitative estimate of drug-likeness (QED) is 0.606. The summed E-state index contributed by atoms with van der Waals surface area (Å²) in [4.78, 5) is 22.5. The highest BCUT2D eigenvalue weighted by atomic mass is 16.2. The molecule has 0 aromatic rings. The van der Waals surface area contributed by atoms with Crippen LogP contribution in [0.5, 0.6) is 0 Å². The summed E-state index contributed by atoms with van der Waals surface area (Å²) in [7, 11) is 0. The number of carbonyl (C=O) groups excluding carboxylic acids is 2. The lowest BCUT2D eigenvalue weighted by molar-refractivity contribution is -0.123. The van der Waals surface area contributed by atoms with E-state index in [9.17, 15) is 9.59 Å². The molecule has 0 spiro atoms. The predicted molar refractivity (Wildman–Crippen MR) is 61.6 cm³/mol. The second-order valence-corrected chi connectivity index (χ2v) is 4.78. The highest BCUT2D eigenvalue weighted by molar-refractivity contribution is 5.82. The Morgan fingerprint density at radius 3 is 2.81 bits per heavy atom. The molecule has 1 rings (SSSR count). The zero-order valence-corrected chi connectivity index (χ0v) is 9.95. The zero-order valence-electron chi connectivity index (χ0n) is 9.95. The summed E-state index contributed by atoms with van der Waals surface area (Å²) in [6.07, 6.45) is 2.03. The van der Waals surface area contributed by atoms with E-state index in [2.05, 4.69) is 10.6 Å². The Hall–Kier alpha value is -1.10. The van der Waals surface area contributed by atoms with Gasteiger partial charge < -0.3 is 16.4 Å². The van der Waals surface area contributed by atoms with Crippen LogP contribution in [0.3, 0.4) is 0 Å². The Balaban J connectivity index is 2.21. The summed E-state index contributed by atoms with van der Waals surface area (Å²) in [5, 5.41) is 5.57. The molecule has 1 aliphatic rings. The molecule has 5 heteroatoms. The smallest absolute Gasteiger partial charge is 0.236 e. The Morgan fingerprint density at radius 1 is 1.62 bits per heavy atom. The Labute approximate surface area is 96.1 Å². The molecule has 1 aliphatic heterocycles. The van der Waals surface area contributed by atoms with Crippen LogP contribution in [0.2, 0.25) is 0 Å². The molecular weight excluding hydrogens is 206 g/mol. The first-order chi connectivity index (χ1) is 7.49. The van der Waals surface area contributed by atoms with E-state index in [1.165, 1.54) is 0 Å². The molecule has 0 radical (unpaired) electrons.